The molecule has 1 aliphatic heterocycles. The Morgan fingerprint density at radius 3 is 3.00 bits per heavy atom. The first-order chi connectivity index (χ1) is 9.33. The second-order valence-corrected chi connectivity index (χ2v) is 4.91. The second kappa shape index (κ2) is 5.54. The van der Waals surface area contributed by atoms with E-state index < -0.39 is 0 Å². The number of rotatable bonds is 4. The Labute approximate surface area is 112 Å². The maximum atomic E-state index is 5.36. The molecule has 2 aromatic rings. The highest BCUT2D eigenvalue weighted by atomic mass is 16.5. The molecule has 0 bridgehead atoms. The van der Waals surface area contributed by atoms with Gasteiger partial charge in [0.05, 0.1) is 13.2 Å². The molecule has 102 valence electrons. The Morgan fingerprint density at radius 2 is 2.16 bits per heavy atom. The molecule has 0 amide bonds. The number of morpholine rings is 1. The number of nitrogens with zero attached hydrogens (tertiary/aromatic N) is 4. The molecule has 1 saturated heterocycles. The summed E-state index contributed by atoms with van der Waals surface area (Å²) in [4.78, 5) is 2.41. The first kappa shape index (κ1) is 12.4. The van der Waals surface area contributed by atoms with Crippen LogP contribution in [-0.2, 0) is 4.74 Å². The van der Waals surface area contributed by atoms with Crippen molar-refractivity contribution in [3.05, 3.63) is 24.4 Å². The van der Waals surface area contributed by atoms with Crippen molar-refractivity contribution in [3.63, 3.8) is 0 Å². The quantitative estimate of drug-likeness (QED) is 0.884. The molecule has 3 heterocycles. The minimum atomic E-state index is 0.325. The van der Waals surface area contributed by atoms with E-state index in [0.717, 1.165) is 44.4 Å². The SMILES string of the molecule is CC(CN1CCOCC1)Nc1nnc2ccccn12. The van der Waals surface area contributed by atoms with Crippen LogP contribution in [-0.4, -0.2) is 58.4 Å². The molecule has 0 spiro atoms. The summed E-state index contributed by atoms with van der Waals surface area (Å²) in [5.41, 5.74) is 0.864. The predicted octanol–water partition coefficient (Wildman–Crippen LogP) is 0.862. The van der Waals surface area contributed by atoms with Gasteiger partial charge in [0.1, 0.15) is 0 Å². The number of ether oxygens (including phenoxy) is 1. The molecule has 6 heteroatoms. The van der Waals surface area contributed by atoms with E-state index in [1.54, 1.807) is 0 Å². The van der Waals surface area contributed by atoms with Crippen LogP contribution in [0.1, 0.15) is 6.92 Å². The van der Waals surface area contributed by atoms with Crippen molar-refractivity contribution in [1.82, 2.24) is 19.5 Å². The van der Waals surface area contributed by atoms with E-state index in [1.165, 1.54) is 0 Å². The average molecular weight is 261 g/mol. The van der Waals surface area contributed by atoms with Crippen LogP contribution in [0.15, 0.2) is 24.4 Å². The van der Waals surface area contributed by atoms with Crippen LogP contribution in [0.3, 0.4) is 0 Å². The number of hydrogen-bond acceptors (Lipinski definition) is 5. The molecular weight excluding hydrogens is 242 g/mol. The van der Waals surface area contributed by atoms with E-state index in [9.17, 15) is 0 Å². The first-order valence-electron chi connectivity index (χ1n) is 6.69. The number of nitrogens with one attached hydrogen (secondary N) is 1. The molecule has 0 saturated carbocycles. The Kier molecular flexibility index (Phi) is 3.61. The third kappa shape index (κ3) is 2.85. The fourth-order valence-corrected chi connectivity index (χ4v) is 2.38. The molecule has 0 aromatic carbocycles. The van der Waals surface area contributed by atoms with Gasteiger partial charge in [0.2, 0.25) is 5.95 Å². The molecule has 2 aromatic heterocycles. The first-order valence-corrected chi connectivity index (χ1v) is 6.69. The van der Waals surface area contributed by atoms with Gasteiger partial charge in [0.25, 0.3) is 0 Å². The molecule has 0 aliphatic carbocycles. The molecular formula is C13H19N5O. The summed E-state index contributed by atoms with van der Waals surface area (Å²) >= 11 is 0. The maximum absolute atomic E-state index is 5.36. The predicted molar refractivity (Wildman–Crippen MR) is 73.3 cm³/mol. The van der Waals surface area contributed by atoms with Crippen molar-refractivity contribution in [2.45, 2.75) is 13.0 Å². The lowest BCUT2D eigenvalue weighted by Gasteiger charge is -2.29. The molecule has 6 nitrogen and oxygen atoms in total. The van der Waals surface area contributed by atoms with Gasteiger partial charge in [-0.3, -0.25) is 9.30 Å². The Morgan fingerprint density at radius 1 is 1.32 bits per heavy atom. The monoisotopic (exact) mass is 261 g/mol. The summed E-state index contributed by atoms with van der Waals surface area (Å²) < 4.78 is 7.32. The van der Waals surface area contributed by atoms with Crippen molar-refractivity contribution in [3.8, 4) is 0 Å². The highest BCUT2D eigenvalue weighted by molar-refractivity contribution is 5.44. The second-order valence-electron chi connectivity index (χ2n) is 4.91. The zero-order chi connectivity index (χ0) is 13.1. The summed E-state index contributed by atoms with van der Waals surface area (Å²) in [5.74, 6) is 0.802. The van der Waals surface area contributed by atoms with Gasteiger partial charge in [-0.1, -0.05) is 6.07 Å². The van der Waals surface area contributed by atoms with Crippen molar-refractivity contribution in [2.24, 2.45) is 0 Å². The highest BCUT2D eigenvalue weighted by Crippen LogP contribution is 2.09. The van der Waals surface area contributed by atoms with E-state index in [-0.39, 0.29) is 0 Å². The average Bonchev–Trinajstić information content (AvgIpc) is 2.83. The number of hydrogen-bond donors (Lipinski definition) is 1. The van der Waals surface area contributed by atoms with Crippen molar-refractivity contribution < 1.29 is 4.74 Å². The molecule has 1 unspecified atom stereocenters. The third-order valence-electron chi connectivity index (χ3n) is 3.32. The molecule has 1 fully saturated rings. The molecule has 19 heavy (non-hydrogen) atoms. The van der Waals surface area contributed by atoms with Gasteiger partial charge in [-0.15, -0.1) is 10.2 Å². The third-order valence-corrected chi connectivity index (χ3v) is 3.32. The van der Waals surface area contributed by atoms with Gasteiger partial charge in [-0.05, 0) is 19.1 Å². The number of fused-ring (bicyclic) bond motifs is 1. The van der Waals surface area contributed by atoms with E-state index in [0.29, 0.717) is 6.04 Å². The van der Waals surface area contributed by atoms with Crippen LogP contribution in [0.2, 0.25) is 0 Å². The summed E-state index contributed by atoms with van der Waals surface area (Å²) in [6, 6.07) is 6.22. The lowest BCUT2D eigenvalue weighted by Crippen LogP contribution is -2.42. The van der Waals surface area contributed by atoms with Gasteiger partial charge in [-0.2, -0.15) is 0 Å². The van der Waals surface area contributed by atoms with Gasteiger partial charge in [-0.25, -0.2) is 0 Å². The minimum Gasteiger partial charge on any atom is -0.379 e. The number of pyridine rings is 1. The largest absolute Gasteiger partial charge is 0.379 e. The maximum Gasteiger partial charge on any atom is 0.229 e. The zero-order valence-corrected chi connectivity index (χ0v) is 11.1. The molecule has 1 atom stereocenters. The van der Waals surface area contributed by atoms with E-state index >= 15 is 0 Å². The van der Waals surface area contributed by atoms with E-state index in [4.69, 9.17) is 4.74 Å². The van der Waals surface area contributed by atoms with Crippen LogP contribution >= 0.6 is 0 Å². The summed E-state index contributed by atoms with van der Waals surface area (Å²) in [6.45, 7) is 6.84. The van der Waals surface area contributed by atoms with E-state index in [1.807, 2.05) is 28.8 Å². The van der Waals surface area contributed by atoms with Gasteiger partial charge in [0.15, 0.2) is 5.65 Å². The van der Waals surface area contributed by atoms with Gasteiger partial charge >= 0.3 is 0 Å². The molecule has 0 radical (unpaired) electrons. The van der Waals surface area contributed by atoms with Gasteiger partial charge in [0, 0.05) is 31.9 Å². The summed E-state index contributed by atoms with van der Waals surface area (Å²) in [5, 5.41) is 11.7. The normalized spacial score (nSPS) is 18.6. The van der Waals surface area contributed by atoms with Crippen molar-refractivity contribution in [2.75, 3.05) is 38.2 Å². The fraction of sp³-hybridized carbons (Fsp3) is 0.538. The van der Waals surface area contributed by atoms with Crippen LogP contribution in [0.4, 0.5) is 5.95 Å². The number of aromatic nitrogens is 3. The van der Waals surface area contributed by atoms with Crippen LogP contribution < -0.4 is 5.32 Å². The van der Waals surface area contributed by atoms with Crippen LogP contribution in [0.5, 0.6) is 0 Å². The van der Waals surface area contributed by atoms with Crippen LogP contribution in [0.25, 0.3) is 5.65 Å². The fourth-order valence-electron chi connectivity index (χ4n) is 2.38. The topological polar surface area (TPSA) is 54.7 Å². The lowest BCUT2D eigenvalue weighted by atomic mass is 10.3. The standard InChI is InChI=1S/C13H19N5O/c1-11(10-17-6-8-19-9-7-17)14-13-16-15-12-4-2-3-5-18(12)13/h2-5,11H,6-10H2,1H3,(H,14,16). The van der Waals surface area contributed by atoms with Crippen molar-refractivity contribution in [1.29, 1.82) is 0 Å². The van der Waals surface area contributed by atoms with Crippen molar-refractivity contribution >= 4 is 11.6 Å². The molecule has 1 N–H and O–H groups in total. The molecule has 1 aliphatic rings. The Bertz CT molecular complexity index is 535. The zero-order valence-electron chi connectivity index (χ0n) is 11.1. The minimum absolute atomic E-state index is 0.325. The summed E-state index contributed by atoms with van der Waals surface area (Å²) in [7, 11) is 0. The molecule has 3 rings (SSSR count). The van der Waals surface area contributed by atoms with E-state index in [2.05, 4.69) is 27.3 Å². The van der Waals surface area contributed by atoms with Gasteiger partial charge < -0.3 is 10.1 Å². The Hall–Kier alpha value is -1.66. The number of anilines is 1. The highest BCUT2D eigenvalue weighted by Gasteiger charge is 2.15. The smallest absolute Gasteiger partial charge is 0.229 e. The Balaban J connectivity index is 1.63. The van der Waals surface area contributed by atoms with Crippen LogP contribution in [0, 0.1) is 0 Å². The lowest BCUT2D eigenvalue weighted by molar-refractivity contribution is 0.0367. The summed E-state index contributed by atoms with van der Waals surface area (Å²) in [6.07, 6.45) is 1.97.